The second kappa shape index (κ2) is 9.95. The fourth-order valence-corrected chi connectivity index (χ4v) is 4.67. The SMILES string of the molecule is CN(C)C(=O)c1cnc2ccc(N3C[C@@H](NC(=O)c4cc(Cl)c(Cl)cn4)C[C@@H]3c3cccc(F)c3)nn12. The predicted octanol–water partition coefficient (Wildman–Crippen LogP) is 4.02. The average molecular weight is 542 g/mol. The van der Waals surface area contributed by atoms with Gasteiger partial charge in [-0.05, 0) is 42.3 Å². The maximum Gasteiger partial charge on any atom is 0.273 e. The third-order valence-corrected chi connectivity index (χ3v) is 6.89. The van der Waals surface area contributed by atoms with E-state index in [1.54, 1.807) is 32.3 Å². The van der Waals surface area contributed by atoms with Crippen LogP contribution in [0.15, 0.2) is 54.9 Å². The highest BCUT2D eigenvalue weighted by molar-refractivity contribution is 6.42. The van der Waals surface area contributed by atoms with E-state index < -0.39 is 5.91 Å². The molecule has 1 saturated heterocycles. The normalized spacial score (nSPS) is 17.3. The fraction of sp³-hybridized carbons (Fsp3) is 0.240. The van der Waals surface area contributed by atoms with Gasteiger partial charge in [0.1, 0.15) is 17.3 Å². The minimum absolute atomic E-state index is 0.139. The summed E-state index contributed by atoms with van der Waals surface area (Å²) in [6, 6.07) is 10.7. The van der Waals surface area contributed by atoms with Crippen molar-refractivity contribution in [3.8, 4) is 0 Å². The number of pyridine rings is 1. The first-order valence-corrected chi connectivity index (χ1v) is 12.2. The molecule has 0 radical (unpaired) electrons. The minimum Gasteiger partial charge on any atom is -0.346 e. The predicted molar refractivity (Wildman–Crippen MR) is 138 cm³/mol. The molecular weight excluding hydrogens is 520 g/mol. The van der Waals surface area contributed by atoms with Crippen LogP contribution >= 0.6 is 23.2 Å². The number of rotatable bonds is 5. The molecule has 2 atom stereocenters. The van der Waals surface area contributed by atoms with E-state index in [2.05, 4.69) is 15.3 Å². The molecular formula is C25H22Cl2FN7O2. The van der Waals surface area contributed by atoms with E-state index in [4.69, 9.17) is 28.3 Å². The standard InChI is InChI=1S/C25H22Cl2FN7O2/c1-33(2)25(37)21-12-30-22-6-7-23(32-35(21)22)34-13-16(9-20(34)14-4-3-5-15(28)8-14)31-24(36)19-10-17(26)18(27)11-29-19/h3-8,10-12,16,20H,9,13H2,1-2H3,(H,31,36)/t16-,20+/m0/s1. The molecule has 0 saturated carbocycles. The van der Waals surface area contributed by atoms with Crippen LogP contribution in [0.2, 0.25) is 10.0 Å². The van der Waals surface area contributed by atoms with Crippen molar-refractivity contribution >= 4 is 46.5 Å². The molecule has 1 N–H and O–H groups in total. The topological polar surface area (TPSA) is 95.7 Å². The Balaban J connectivity index is 1.48. The quantitative estimate of drug-likeness (QED) is 0.410. The van der Waals surface area contributed by atoms with Crippen LogP contribution in [0.25, 0.3) is 5.65 Å². The molecule has 0 bridgehead atoms. The van der Waals surface area contributed by atoms with E-state index in [0.717, 1.165) is 5.56 Å². The largest absolute Gasteiger partial charge is 0.346 e. The summed E-state index contributed by atoms with van der Waals surface area (Å²) in [4.78, 5) is 37.3. The third-order valence-electron chi connectivity index (χ3n) is 6.18. The highest BCUT2D eigenvalue weighted by Gasteiger charge is 2.36. The summed E-state index contributed by atoms with van der Waals surface area (Å²) in [5.41, 5.74) is 1.71. The van der Waals surface area contributed by atoms with Gasteiger partial charge in [0.05, 0.1) is 22.3 Å². The van der Waals surface area contributed by atoms with Crippen molar-refractivity contribution in [1.29, 1.82) is 0 Å². The van der Waals surface area contributed by atoms with Crippen LogP contribution in [0.3, 0.4) is 0 Å². The maximum atomic E-state index is 14.1. The second-order valence-corrected chi connectivity index (χ2v) is 9.73. The van der Waals surface area contributed by atoms with Crippen LogP contribution in [0, 0.1) is 5.82 Å². The van der Waals surface area contributed by atoms with Gasteiger partial charge in [0.15, 0.2) is 11.3 Å². The van der Waals surface area contributed by atoms with Gasteiger partial charge < -0.3 is 15.1 Å². The Kier molecular flexibility index (Phi) is 6.70. The molecule has 4 aromatic rings. The molecule has 1 fully saturated rings. The second-order valence-electron chi connectivity index (χ2n) is 8.92. The van der Waals surface area contributed by atoms with E-state index in [-0.39, 0.29) is 39.5 Å². The first-order chi connectivity index (χ1) is 17.7. The molecule has 3 aromatic heterocycles. The highest BCUT2D eigenvalue weighted by atomic mass is 35.5. The minimum atomic E-state index is -0.403. The van der Waals surface area contributed by atoms with Gasteiger partial charge in [-0.3, -0.25) is 9.59 Å². The summed E-state index contributed by atoms with van der Waals surface area (Å²) < 4.78 is 15.6. The summed E-state index contributed by atoms with van der Waals surface area (Å²) >= 11 is 12.0. The molecule has 1 aromatic carbocycles. The molecule has 2 amide bonds. The van der Waals surface area contributed by atoms with Crippen molar-refractivity contribution < 1.29 is 14.0 Å². The molecule has 1 aliphatic rings. The molecule has 190 valence electrons. The van der Waals surface area contributed by atoms with Gasteiger partial charge >= 0.3 is 0 Å². The van der Waals surface area contributed by atoms with Crippen LogP contribution in [0.5, 0.6) is 0 Å². The first-order valence-electron chi connectivity index (χ1n) is 11.4. The number of halogens is 3. The van der Waals surface area contributed by atoms with Gasteiger partial charge in [0.25, 0.3) is 11.8 Å². The van der Waals surface area contributed by atoms with Crippen molar-refractivity contribution in [2.75, 3.05) is 25.5 Å². The zero-order valence-electron chi connectivity index (χ0n) is 19.9. The molecule has 4 heterocycles. The molecule has 0 spiro atoms. The summed E-state index contributed by atoms with van der Waals surface area (Å²) in [6.45, 7) is 0.387. The van der Waals surface area contributed by atoms with E-state index in [9.17, 15) is 14.0 Å². The smallest absolute Gasteiger partial charge is 0.273 e. The number of amides is 2. The van der Waals surface area contributed by atoms with Crippen molar-refractivity contribution in [2.45, 2.75) is 18.5 Å². The number of hydrogen-bond acceptors (Lipinski definition) is 6. The van der Waals surface area contributed by atoms with Gasteiger partial charge in [-0.25, -0.2) is 18.9 Å². The lowest BCUT2D eigenvalue weighted by Gasteiger charge is -2.26. The van der Waals surface area contributed by atoms with Crippen molar-refractivity contribution in [1.82, 2.24) is 29.8 Å². The van der Waals surface area contributed by atoms with Gasteiger partial charge in [0, 0.05) is 32.9 Å². The number of aromatic nitrogens is 4. The van der Waals surface area contributed by atoms with Gasteiger partial charge in [-0.2, -0.15) is 0 Å². The van der Waals surface area contributed by atoms with Crippen molar-refractivity contribution in [3.63, 3.8) is 0 Å². The molecule has 12 heteroatoms. The highest BCUT2D eigenvalue weighted by Crippen LogP contribution is 2.36. The van der Waals surface area contributed by atoms with E-state index >= 15 is 0 Å². The summed E-state index contributed by atoms with van der Waals surface area (Å²) in [5, 5.41) is 8.16. The van der Waals surface area contributed by atoms with Crippen LogP contribution in [0.4, 0.5) is 10.2 Å². The van der Waals surface area contributed by atoms with Crippen LogP contribution < -0.4 is 10.2 Å². The number of carbonyl (C=O) groups is 2. The van der Waals surface area contributed by atoms with Crippen LogP contribution in [0.1, 0.15) is 39.0 Å². The van der Waals surface area contributed by atoms with E-state index in [1.165, 1.54) is 40.0 Å². The fourth-order valence-electron chi connectivity index (χ4n) is 4.41. The lowest BCUT2D eigenvalue weighted by Crippen LogP contribution is -2.37. The third kappa shape index (κ3) is 4.94. The lowest BCUT2D eigenvalue weighted by atomic mass is 10.0. The average Bonchev–Trinajstić information content (AvgIpc) is 3.49. The van der Waals surface area contributed by atoms with Gasteiger partial charge in [-0.15, -0.1) is 5.10 Å². The Labute approximate surface area is 221 Å². The Hall–Kier alpha value is -3.76. The van der Waals surface area contributed by atoms with Crippen molar-refractivity contribution in [3.05, 3.63) is 87.7 Å². The number of nitrogens with zero attached hydrogens (tertiary/aromatic N) is 6. The number of nitrogens with one attached hydrogen (secondary N) is 1. The Morgan fingerprint density at radius 1 is 1.08 bits per heavy atom. The molecule has 5 rings (SSSR count). The molecule has 1 aliphatic heterocycles. The summed E-state index contributed by atoms with van der Waals surface area (Å²) in [7, 11) is 3.31. The number of benzene rings is 1. The summed E-state index contributed by atoms with van der Waals surface area (Å²) in [6.07, 6.45) is 3.30. The summed E-state index contributed by atoms with van der Waals surface area (Å²) in [5.74, 6) is -0.446. The monoisotopic (exact) mass is 541 g/mol. The number of carbonyl (C=O) groups excluding carboxylic acids is 2. The zero-order chi connectivity index (χ0) is 26.3. The molecule has 0 unspecified atom stereocenters. The Morgan fingerprint density at radius 3 is 2.62 bits per heavy atom. The van der Waals surface area contributed by atoms with Crippen molar-refractivity contribution in [2.24, 2.45) is 0 Å². The molecule has 37 heavy (non-hydrogen) atoms. The molecule has 9 nitrogen and oxygen atoms in total. The molecule has 0 aliphatic carbocycles. The maximum absolute atomic E-state index is 14.1. The van der Waals surface area contributed by atoms with Crippen LogP contribution in [-0.2, 0) is 0 Å². The van der Waals surface area contributed by atoms with Gasteiger partial charge in [0.2, 0.25) is 0 Å². The number of imidazole rings is 1. The Bertz CT molecular complexity index is 1510. The van der Waals surface area contributed by atoms with E-state index in [0.29, 0.717) is 30.1 Å². The lowest BCUT2D eigenvalue weighted by molar-refractivity contribution is 0.0819. The zero-order valence-corrected chi connectivity index (χ0v) is 21.4. The number of fused-ring (bicyclic) bond motifs is 1. The first kappa shape index (κ1) is 24.9. The number of anilines is 1. The Morgan fingerprint density at radius 2 is 1.89 bits per heavy atom. The number of hydrogen-bond donors (Lipinski definition) is 1. The van der Waals surface area contributed by atoms with Gasteiger partial charge in [-0.1, -0.05) is 35.3 Å². The van der Waals surface area contributed by atoms with Crippen LogP contribution in [-0.4, -0.2) is 63.0 Å². The van der Waals surface area contributed by atoms with E-state index in [1.807, 2.05) is 11.0 Å².